The number of benzene rings is 1. The third-order valence-electron chi connectivity index (χ3n) is 1.58. The molecule has 0 saturated heterocycles. The lowest BCUT2D eigenvalue weighted by Gasteiger charge is -2.08. The highest BCUT2D eigenvalue weighted by Gasteiger charge is 2.15. The van der Waals surface area contributed by atoms with E-state index in [1.54, 1.807) is 35.0 Å². The zero-order valence-corrected chi connectivity index (χ0v) is 10.1. The summed E-state index contributed by atoms with van der Waals surface area (Å²) in [6.45, 7) is 0. The highest BCUT2D eigenvalue weighted by atomic mass is 127. The lowest BCUT2D eigenvalue weighted by atomic mass is 10.2. The summed E-state index contributed by atoms with van der Waals surface area (Å²) in [5, 5.41) is 0. The van der Waals surface area contributed by atoms with Crippen LogP contribution in [0.15, 0.2) is 30.3 Å². The zero-order chi connectivity index (χ0) is 9.90. The van der Waals surface area contributed by atoms with Crippen molar-refractivity contribution >= 4 is 32.9 Å². The van der Waals surface area contributed by atoms with E-state index in [1.165, 1.54) is 9.57 Å². The first-order valence-electron chi connectivity index (χ1n) is 3.69. The lowest BCUT2D eigenvalue weighted by Crippen LogP contribution is -2.18. The summed E-state index contributed by atoms with van der Waals surface area (Å²) in [4.78, 5) is 0. The van der Waals surface area contributed by atoms with Crippen LogP contribution in [-0.4, -0.2) is 18.0 Å². The van der Waals surface area contributed by atoms with Crippen LogP contribution in [0.5, 0.6) is 0 Å². The van der Waals surface area contributed by atoms with Crippen LogP contribution >= 0.6 is 22.9 Å². The number of hydrogen-bond acceptors (Lipinski definition) is 2. The first kappa shape index (κ1) is 10.9. The van der Waals surface area contributed by atoms with Gasteiger partial charge in [0.2, 0.25) is 10.0 Å². The van der Waals surface area contributed by atoms with E-state index in [9.17, 15) is 8.42 Å². The Hall–Kier alpha value is -0.140. The smallest absolute Gasteiger partial charge is 0.211 e. The molecule has 13 heavy (non-hydrogen) atoms. The van der Waals surface area contributed by atoms with Crippen molar-refractivity contribution in [3.63, 3.8) is 0 Å². The van der Waals surface area contributed by atoms with Crippen LogP contribution in [0.25, 0.3) is 0 Å². The minimum Gasteiger partial charge on any atom is -0.211 e. The van der Waals surface area contributed by atoms with E-state index in [4.69, 9.17) is 0 Å². The Kier molecular flexibility index (Phi) is 3.69. The van der Waals surface area contributed by atoms with Gasteiger partial charge in [0.05, 0.1) is 5.75 Å². The van der Waals surface area contributed by atoms with Crippen molar-refractivity contribution in [3.8, 4) is 0 Å². The normalized spacial score (nSPS) is 11.9. The summed E-state index contributed by atoms with van der Waals surface area (Å²) >= 11 is 1.76. The minimum absolute atomic E-state index is 0.0628. The van der Waals surface area contributed by atoms with Crippen molar-refractivity contribution in [3.05, 3.63) is 35.9 Å². The number of halogens is 1. The van der Waals surface area contributed by atoms with Crippen LogP contribution in [0.2, 0.25) is 0 Å². The zero-order valence-electron chi connectivity index (χ0n) is 7.14. The Morgan fingerprint density at radius 1 is 1.31 bits per heavy atom. The fraction of sp³-hybridized carbons (Fsp3) is 0.250. The van der Waals surface area contributed by atoms with Gasteiger partial charge in [-0.15, -0.1) is 2.52 Å². The van der Waals surface area contributed by atoms with Crippen molar-refractivity contribution in [1.82, 2.24) is 2.52 Å². The summed E-state index contributed by atoms with van der Waals surface area (Å²) in [6.07, 6.45) is 0. The highest BCUT2D eigenvalue weighted by Crippen LogP contribution is 2.11. The molecule has 3 nitrogen and oxygen atoms in total. The van der Waals surface area contributed by atoms with Crippen molar-refractivity contribution in [2.75, 3.05) is 7.05 Å². The number of sulfonamides is 1. The Morgan fingerprint density at radius 3 is 2.31 bits per heavy atom. The van der Waals surface area contributed by atoms with E-state index < -0.39 is 10.0 Å². The summed E-state index contributed by atoms with van der Waals surface area (Å²) in [7, 11) is -1.60. The molecule has 0 heterocycles. The molecular formula is C8H10INO2S. The predicted molar refractivity (Wildman–Crippen MR) is 60.8 cm³/mol. The Bertz CT molecular complexity index is 361. The highest BCUT2D eigenvalue weighted by molar-refractivity contribution is 14.1. The fourth-order valence-corrected chi connectivity index (χ4v) is 2.08. The first-order valence-corrected chi connectivity index (χ1v) is 6.26. The second-order valence-corrected chi connectivity index (χ2v) is 6.73. The molecule has 0 spiro atoms. The van der Waals surface area contributed by atoms with Gasteiger partial charge >= 0.3 is 0 Å². The van der Waals surface area contributed by atoms with Gasteiger partial charge < -0.3 is 0 Å². The van der Waals surface area contributed by atoms with Crippen LogP contribution in [0.4, 0.5) is 0 Å². The quantitative estimate of drug-likeness (QED) is 0.630. The van der Waals surface area contributed by atoms with Gasteiger partial charge in [0.1, 0.15) is 0 Å². The van der Waals surface area contributed by atoms with E-state index in [0.29, 0.717) is 0 Å². The van der Waals surface area contributed by atoms with Gasteiger partial charge in [-0.2, -0.15) is 0 Å². The second kappa shape index (κ2) is 4.39. The van der Waals surface area contributed by atoms with Crippen LogP contribution in [0, 0.1) is 0 Å². The lowest BCUT2D eigenvalue weighted by molar-refractivity contribution is 0.570. The van der Waals surface area contributed by atoms with E-state index in [0.717, 1.165) is 5.56 Å². The van der Waals surface area contributed by atoms with Gasteiger partial charge in [0, 0.05) is 29.9 Å². The van der Waals surface area contributed by atoms with E-state index in [1.807, 2.05) is 18.2 Å². The minimum atomic E-state index is -3.13. The molecule has 0 saturated carbocycles. The topological polar surface area (TPSA) is 37.4 Å². The molecule has 72 valence electrons. The molecule has 0 radical (unpaired) electrons. The van der Waals surface area contributed by atoms with E-state index in [2.05, 4.69) is 0 Å². The molecule has 0 bridgehead atoms. The molecule has 1 aromatic rings. The molecule has 0 aliphatic carbocycles. The maximum Gasteiger partial charge on any atom is 0.226 e. The predicted octanol–water partition coefficient (Wildman–Crippen LogP) is 1.80. The molecule has 0 fully saturated rings. The Morgan fingerprint density at radius 2 is 1.85 bits per heavy atom. The fourth-order valence-electron chi connectivity index (χ4n) is 0.874. The van der Waals surface area contributed by atoms with Crippen LogP contribution < -0.4 is 0 Å². The SMILES string of the molecule is CN(I)S(=O)(=O)Cc1ccccc1. The second-order valence-electron chi connectivity index (χ2n) is 2.63. The first-order chi connectivity index (χ1) is 6.02. The molecule has 0 atom stereocenters. The van der Waals surface area contributed by atoms with Gasteiger partial charge in [-0.3, -0.25) is 0 Å². The van der Waals surface area contributed by atoms with Gasteiger partial charge in [-0.1, -0.05) is 30.3 Å². The molecule has 0 N–H and O–H groups in total. The van der Waals surface area contributed by atoms with Crippen LogP contribution in [0.3, 0.4) is 0 Å². The maximum atomic E-state index is 11.4. The molecule has 0 aliphatic heterocycles. The third-order valence-corrected chi connectivity index (χ3v) is 4.84. The number of nitrogens with zero attached hydrogens (tertiary/aromatic N) is 1. The maximum absolute atomic E-state index is 11.4. The van der Waals surface area contributed by atoms with E-state index in [-0.39, 0.29) is 5.75 Å². The van der Waals surface area contributed by atoms with Gasteiger partial charge in [0.15, 0.2) is 0 Å². The van der Waals surface area contributed by atoms with Crippen molar-refractivity contribution < 1.29 is 8.42 Å². The van der Waals surface area contributed by atoms with Crippen LogP contribution in [0.1, 0.15) is 5.56 Å². The van der Waals surface area contributed by atoms with Crippen molar-refractivity contribution in [2.45, 2.75) is 5.75 Å². The molecule has 5 heteroatoms. The average Bonchev–Trinajstić information content (AvgIpc) is 2.05. The van der Waals surface area contributed by atoms with Gasteiger partial charge in [-0.05, 0) is 5.56 Å². The standard InChI is InChI=1S/C8H10INO2S/c1-10(9)13(11,12)7-8-5-3-2-4-6-8/h2-6H,7H2,1H3. The van der Waals surface area contributed by atoms with Crippen molar-refractivity contribution in [1.29, 1.82) is 0 Å². The molecule has 0 amide bonds. The largest absolute Gasteiger partial charge is 0.226 e. The molecule has 1 rings (SSSR count). The summed E-state index contributed by atoms with van der Waals surface area (Å²) in [5.41, 5.74) is 0.811. The Balaban J connectivity index is 2.82. The summed E-state index contributed by atoms with van der Waals surface area (Å²) in [6, 6.07) is 9.13. The van der Waals surface area contributed by atoms with Crippen LogP contribution in [-0.2, 0) is 15.8 Å². The van der Waals surface area contributed by atoms with Crippen molar-refractivity contribution in [2.24, 2.45) is 0 Å². The van der Waals surface area contributed by atoms with E-state index >= 15 is 0 Å². The molecular weight excluding hydrogens is 301 g/mol. The third kappa shape index (κ3) is 3.24. The Labute approximate surface area is 92.3 Å². The molecule has 0 unspecified atom stereocenters. The molecule has 0 aliphatic rings. The molecule has 0 aromatic heterocycles. The summed E-state index contributed by atoms with van der Waals surface area (Å²) in [5.74, 6) is 0.0628. The number of hydrogen-bond donors (Lipinski definition) is 0. The van der Waals surface area contributed by atoms with Gasteiger partial charge in [-0.25, -0.2) is 8.42 Å². The molecule has 1 aromatic carbocycles. The summed E-state index contributed by atoms with van der Waals surface area (Å²) < 4.78 is 24.0. The number of rotatable bonds is 3. The monoisotopic (exact) mass is 311 g/mol. The average molecular weight is 311 g/mol. The van der Waals surface area contributed by atoms with Gasteiger partial charge in [0.25, 0.3) is 0 Å².